The van der Waals surface area contributed by atoms with Gasteiger partial charge in [0, 0.05) is 12.1 Å². The summed E-state index contributed by atoms with van der Waals surface area (Å²) in [5.41, 5.74) is 0.307. The molecule has 0 aromatic heterocycles. The van der Waals surface area contributed by atoms with Crippen molar-refractivity contribution in [1.29, 1.82) is 0 Å². The highest BCUT2D eigenvalue weighted by Crippen LogP contribution is 2.41. The van der Waals surface area contributed by atoms with Crippen LogP contribution >= 0.6 is 23.2 Å². The Bertz CT molecular complexity index is 1050. The van der Waals surface area contributed by atoms with Crippen LogP contribution in [0, 0.1) is 0 Å². The van der Waals surface area contributed by atoms with Crippen LogP contribution in [0.1, 0.15) is 20.8 Å². The number of benzene rings is 2. The van der Waals surface area contributed by atoms with E-state index in [0.29, 0.717) is 24.7 Å². The lowest BCUT2D eigenvalue weighted by atomic mass is 10.2. The van der Waals surface area contributed by atoms with Crippen molar-refractivity contribution in [3.63, 3.8) is 0 Å². The molecule has 0 aliphatic carbocycles. The monoisotopic (exact) mass is 497 g/mol. The fraction of sp³-hybridized carbons (Fsp3) is 0.364. The number of azo groups is 1. The highest BCUT2D eigenvalue weighted by molar-refractivity contribution is 6.34. The molecule has 178 valence electrons. The zero-order chi connectivity index (χ0) is 24.5. The first-order chi connectivity index (χ1) is 15.8. The number of amides is 1. The van der Waals surface area contributed by atoms with Crippen LogP contribution in [-0.2, 0) is 9.59 Å². The first-order valence-electron chi connectivity index (χ1n) is 9.99. The summed E-state index contributed by atoms with van der Waals surface area (Å²) < 4.78 is 21.6. The van der Waals surface area contributed by atoms with Gasteiger partial charge in [-0.25, -0.2) is 0 Å². The van der Waals surface area contributed by atoms with Gasteiger partial charge in [-0.05, 0) is 32.9 Å². The van der Waals surface area contributed by atoms with Crippen LogP contribution in [0.5, 0.6) is 23.0 Å². The van der Waals surface area contributed by atoms with Crippen LogP contribution < -0.4 is 24.3 Å². The Morgan fingerprint density at radius 2 is 1.70 bits per heavy atom. The van der Waals surface area contributed by atoms with Crippen molar-refractivity contribution in [1.82, 2.24) is 0 Å². The summed E-state index contributed by atoms with van der Waals surface area (Å²) in [7, 11) is 2.90. The third-order valence-corrected chi connectivity index (χ3v) is 4.87. The van der Waals surface area contributed by atoms with Crippen LogP contribution in [-0.4, -0.2) is 45.2 Å². The first-order valence-corrected chi connectivity index (χ1v) is 10.7. The topological polar surface area (TPSA) is 108 Å². The van der Waals surface area contributed by atoms with Gasteiger partial charge in [0.15, 0.2) is 23.0 Å². The second-order valence-electron chi connectivity index (χ2n) is 6.49. The fourth-order valence-corrected chi connectivity index (χ4v) is 3.19. The first kappa shape index (κ1) is 26.2. The minimum Gasteiger partial charge on any atom is -0.497 e. The Morgan fingerprint density at radius 3 is 2.27 bits per heavy atom. The quantitative estimate of drug-likeness (QED) is 0.324. The van der Waals surface area contributed by atoms with Gasteiger partial charge in [0.2, 0.25) is 6.04 Å². The summed E-state index contributed by atoms with van der Waals surface area (Å²) in [6, 6.07) is 4.77. The SMILES string of the molecule is CCOc1ccc(Cl)c(NC(=O)C(N=Nc2c(Cl)cc(OC)cc2OC)C(C)=O)c1OCC. The standard InChI is InChI=1S/C22H25Cl2N3O6/c1-6-32-16-9-8-14(23)20(21(16)33-7-2)25-22(29)18(12(3)28)26-27-19-15(24)10-13(30-4)11-17(19)31-5/h8-11,18H,6-7H2,1-5H3,(H,25,29). The number of carbonyl (C=O) groups excluding carboxylic acids is 2. The zero-order valence-electron chi connectivity index (χ0n) is 18.9. The number of methoxy groups -OCH3 is 2. The Balaban J connectivity index is 2.40. The number of rotatable bonds is 11. The molecular formula is C22H25Cl2N3O6. The lowest BCUT2D eigenvalue weighted by Crippen LogP contribution is -2.32. The molecule has 11 heteroatoms. The van der Waals surface area contributed by atoms with Crippen molar-refractivity contribution in [3.8, 4) is 23.0 Å². The molecule has 1 atom stereocenters. The Morgan fingerprint density at radius 1 is 1.00 bits per heavy atom. The molecule has 0 saturated carbocycles. The molecule has 0 bridgehead atoms. The molecule has 33 heavy (non-hydrogen) atoms. The number of nitrogens with zero attached hydrogens (tertiary/aromatic N) is 2. The predicted molar refractivity (Wildman–Crippen MR) is 126 cm³/mol. The van der Waals surface area contributed by atoms with Crippen LogP contribution in [0.25, 0.3) is 0 Å². The molecule has 2 rings (SSSR count). The van der Waals surface area contributed by atoms with E-state index in [9.17, 15) is 9.59 Å². The second-order valence-corrected chi connectivity index (χ2v) is 7.31. The van der Waals surface area contributed by atoms with Crippen LogP contribution in [0.3, 0.4) is 0 Å². The van der Waals surface area contributed by atoms with Gasteiger partial charge in [0.05, 0.1) is 37.5 Å². The zero-order valence-corrected chi connectivity index (χ0v) is 20.4. The number of halogens is 2. The average Bonchev–Trinajstić information content (AvgIpc) is 2.78. The molecule has 1 unspecified atom stereocenters. The summed E-state index contributed by atoms with van der Waals surface area (Å²) in [6.45, 7) is 5.49. The highest BCUT2D eigenvalue weighted by Gasteiger charge is 2.27. The highest BCUT2D eigenvalue weighted by atomic mass is 35.5. The van der Waals surface area contributed by atoms with Crippen molar-refractivity contribution in [2.24, 2.45) is 10.2 Å². The van der Waals surface area contributed by atoms with Crippen LogP contribution in [0.2, 0.25) is 10.0 Å². The van der Waals surface area contributed by atoms with Crippen molar-refractivity contribution in [2.45, 2.75) is 26.8 Å². The number of nitrogens with one attached hydrogen (secondary N) is 1. The lowest BCUT2D eigenvalue weighted by Gasteiger charge is -2.18. The smallest absolute Gasteiger partial charge is 0.258 e. The molecule has 2 aromatic rings. The van der Waals surface area contributed by atoms with Gasteiger partial charge in [-0.2, -0.15) is 5.11 Å². The van der Waals surface area contributed by atoms with E-state index in [2.05, 4.69) is 15.5 Å². The molecule has 1 N–H and O–H groups in total. The van der Waals surface area contributed by atoms with Crippen molar-refractivity contribution >= 4 is 46.3 Å². The predicted octanol–water partition coefficient (Wildman–Crippen LogP) is 5.49. The molecule has 2 aromatic carbocycles. The summed E-state index contributed by atoms with van der Waals surface area (Å²) in [5.74, 6) is 0.0520. The molecule has 0 aliphatic rings. The van der Waals surface area contributed by atoms with E-state index in [1.165, 1.54) is 27.2 Å². The van der Waals surface area contributed by atoms with Gasteiger partial charge in [0.25, 0.3) is 5.91 Å². The second kappa shape index (κ2) is 12.3. The summed E-state index contributed by atoms with van der Waals surface area (Å²) >= 11 is 12.5. The minimum absolute atomic E-state index is 0.144. The lowest BCUT2D eigenvalue weighted by molar-refractivity contribution is -0.126. The molecule has 1 amide bonds. The maximum absolute atomic E-state index is 13.0. The number of ketones is 1. The summed E-state index contributed by atoms with van der Waals surface area (Å²) in [5, 5.41) is 10.9. The van der Waals surface area contributed by atoms with Gasteiger partial charge in [0.1, 0.15) is 17.1 Å². The van der Waals surface area contributed by atoms with E-state index < -0.39 is 17.7 Å². The summed E-state index contributed by atoms with van der Waals surface area (Å²) in [6.07, 6.45) is 0. The molecular weight excluding hydrogens is 473 g/mol. The molecule has 9 nitrogen and oxygen atoms in total. The third-order valence-electron chi connectivity index (χ3n) is 4.27. The molecule has 0 radical (unpaired) electrons. The normalized spacial score (nSPS) is 11.7. The number of anilines is 1. The minimum atomic E-state index is -1.48. The van der Waals surface area contributed by atoms with E-state index in [1.54, 1.807) is 25.1 Å². The van der Waals surface area contributed by atoms with Gasteiger partial charge in [-0.15, -0.1) is 5.11 Å². The van der Waals surface area contributed by atoms with E-state index in [4.69, 9.17) is 42.1 Å². The van der Waals surface area contributed by atoms with Crippen LogP contribution in [0.4, 0.5) is 11.4 Å². The number of Topliss-reactive ketones (excluding diaryl/α,β-unsaturated/α-hetero) is 1. The number of carbonyl (C=O) groups is 2. The largest absolute Gasteiger partial charge is 0.497 e. The van der Waals surface area contributed by atoms with Gasteiger partial charge >= 0.3 is 0 Å². The molecule has 0 saturated heterocycles. The molecule has 0 fully saturated rings. The third kappa shape index (κ3) is 6.49. The van der Waals surface area contributed by atoms with Gasteiger partial charge < -0.3 is 24.3 Å². The van der Waals surface area contributed by atoms with Crippen molar-refractivity contribution in [3.05, 3.63) is 34.3 Å². The molecule has 0 heterocycles. The number of hydrogen-bond donors (Lipinski definition) is 1. The Kier molecular flexibility index (Phi) is 9.74. The van der Waals surface area contributed by atoms with Crippen molar-refractivity contribution in [2.75, 3.05) is 32.8 Å². The Labute approximate surface area is 202 Å². The van der Waals surface area contributed by atoms with Crippen molar-refractivity contribution < 1.29 is 28.5 Å². The number of ether oxygens (including phenoxy) is 4. The average molecular weight is 498 g/mol. The van der Waals surface area contributed by atoms with E-state index in [-0.39, 0.29) is 32.9 Å². The van der Waals surface area contributed by atoms with E-state index in [1.807, 2.05) is 6.92 Å². The fourth-order valence-electron chi connectivity index (χ4n) is 2.76. The van der Waals surface area contributed by atoms with Gasteiger partial charge in [-0.3, -0.25) is 9.59 Å². The van der Waals surface area contributed by atoms with Crippen LogP contribution in [0.15, 0.2) is 34.5 Å². The number of hydrogen-bond acceptors (Lipinski definition) is 8. The van der Waals surface area contributed by atoms with E-state index >= 15 is 0 Å². The van der Waals surface area contributed by atoms with Gasteiger partial charge in [-0.1, -0.05) is 23.2 Å². The maximum atomic E-state index is 13.0. The molecule has 0 aliphatic heterocycles. The maximum Gasteiger partial charge on any atom is 0.258 e. The van der Waals surface area contributed by atoms with E-state index in [0.717, 1.165) is 0 Å². The Hall–Kier alpha value is -3.04. The summed E-state index contributed by atoms with van der Waals surface area (Å²) in [4.78, 5) is 25.2. The molecule has 0 spiro atoms.